The maximum Gasteiger partial charge on any atom is 0.490 e. The molecule has 5 rings (SSSR count). The van der Waals surface area contributed by atoms with Crippen LogP contribution in [0.5, 0.6) is 0 Å². The number of hydrogen-bond donors (Lipinski definition) is 3. The molecule has 2 bridgehead atoms. The zero-order valence-corrected chi connectivity index (χ0v) is 21.7. The Morgan fingerprint density at radius 3 is 1.93 bits per heavy atom. The third-order valence-electron chi connectivity index (χ3n) is 6.81. The molecule has 0 spiro atoms. The number of alkyl halides is 6. The summed E-state index contributed by atoms with van der Waals surface area (Å²) < 4.78 is 71.7. The molecule has 1 unspecified atom stereocenters. The van der Waals surface area contributed by atoms with E-state index in [2.05, 4.69) is 48.5 Å². The molecular formula is C24H30F6N6O5. The molecule has 3 fully saturated rings. The van der Waals surface area contributed by atoms with Crippen LogP contribution in [0.1, 0.15) is 50.3 Å². The number of ether oxygens (including phenoxy) is 1. The van der Waals surface area contributed by atoms with E-state index >= 15 is 0 Å². The molecule has 2 aromatic heterocycles. The number of pyridine rings is 1. The number of aromatic nitrogens is 4. The Hall–Kier alpha value is -3.47. The Bertz CT molecular complexity index is 1090. The molecule has 228 valence electrons. The van der Waals surface area contributed by atoms with Gasteiger partial charge in [-0.2, -0.15) is 26.3 Å². The van der Waals surface area contributed by atoms with Gasteiger partial charge >= 0.3 is 24.3 Å². The normalized spacial score (nSPS) is 22.7. The van der Waals surface area contributed by atoms with Crippen molar-refractivity contribution < 1.29 is 50.9 Å². The summed E-state index contributed by atoms with van der Waals surface area (Å²) >= 11 is 0. The Kier molecular flexibility index (Phi) is 10.9. The number of carboxylic acid groups (broad SMARTS) is 2. The maximum absolute atomic E-state index is 10.6. The number of nitrogens with zero attached hydrogens (tertiary/aromatic N) is 5. The fraction of sp³-hybridized carbons (Fsp3) is 0.625. The number of anilines is 1. The van der Waals surface area contributed by atoms with Crippen molar-refractivity contribution in [3.05, 3.63) is 36.4 Å². The molecule has 0 aliphatic carbocycles. The Balaban J connectivity index is 0.000000276. The molecule has 3 atom stereocenters. The van der Waals surface area contributed by atoms with E-state index < -0.39 is 24.3 Å². The summed E-state index contributed by atoms with van der Waals surface area (Å²) in [7, 11) is 0. The third-order valence-corrected chi connectivity index (χ3v) is 6.81. The summed E-state index contributed by atoms with van der Waals surface area (Å²) in [6, 6.07) is 5.92. The molecular weight excluding hydrogens is 566 g/mol. The molecule has 3 aliphatic heterocycles. The highest BCUT2D eigenvalue weighted by Crippen LogP contribution is 2.29. The first kappa shape index (κ1) is 32.0. The fourth-order valence-corrected chi connectivity index (χ4v) is 4.85. The van der Waals surface area contributed by atoms with Crippen LogP contribution < -0.4 is 10.2 Å². The second kappa shape index (κ2) is 13.9. The standard InChI is InChI=1S/C20H28N6O.2C2HF3O2/c1-2-16-12-20(11-15(1)22-16)27-14-17-13-26(24-23-17)19-5-9-25(10-6-19)18-3-7-21-8-4-18;2*3-2(4,5)1(6)7/h3-4,7-8,13,15-16,19-20,22H,1-2,5-6,9-12,14H2;2*(H,6,7)/t15-,16+,20?;;. The summed E-state index contributed by atoms with van der Waals surface area (Å²) in [6.07, 6.45) is 3.07. The van der Waals surface area contributed by atoms with Gasteiger partial charge < -0.3 is 25.2 Å². The molecule has 11 nitrogen and oxygen atoms in total. The summed E-state index contributed by atoms with van der Waals surface area (Å²) in [5, 5.41) is 26.7. The molecule has 0 amide bonds. The number of nitrogens with one attached hydrogen (secondary N) is 1. The number of carboxylic acids is 2. The summed E-state index contributed by atoms with van der Waals surface area (Å²) in [5.74, 6) is -5.51. The van der Waals surface area contributed by atoms with Crippen molar-refractivity contribution >= 4 is 17.6 Å². The lowest BCUT2D eigenvalue weighted by atomic mass is 10.0. The van der Waals surface area contributed by atoms with E-state index in [1.807, 2.05) is 12.4 Å². The molecule has 0 radical (unpaired) electrons. The minimum atomic E-state index is -5.08. The molecule has 0 saturated carbocycles. The van der Waals surface area contributed by atoms with Crippen LogP contribution in [0.4, 0.5) is 32.0 Å². The second-order valence-corrected chi connectivity index (χ2v) is 9.76. The van der Waals surface area contributed by atoms with Crippen molar-refractivity contribution in [1.82, 2.24) is 25.3 Å². The van der Waals surface area contributed by atoms with Gasteiger partial charge in [-0.15, -0.1) is 5.10 Å². The van der Waals surface area contributed by atoms with Crippen LogP contribution in [0, 0.1) is 0 Å². The highest BCUT2D eigenvalue weighted by Gasteiger charge is 2.39. The van der Waals surface area contributed by atoms with E-state index in [4.69, 9.17) is 24.5 Å². The molecule has 41 heavy (non-hydrogen) atoms. The lowest BCUT2D eigenvalue weighted by Crippen LogP contribution is -2.41. The monoisotopic (exact) mass is 596 g/mol. The van der Waals surface area contributed by atoms with E-state index in [0.717, 1.165) is 44.5 Å². The van der Waals surface area contributed by atoms with E-state index in [-0.39, 0.29) is 0 Å². The zero-order chi connectivity index (χ0) is 30.2. The average Bonchev–Trinajstić information content (AvgIpc) is 3.53. The van der Waals surface area contributed by atoms with E-state index in [0.29, 0.717) is 30.8 Å². The predicted octanol–water partition coefficient (Wildman–Crippen LogP) is 3.58. The van der Waals surface area contributed by atoms with Gasteiger partial charge in [0, 0.05) is 43.3 Å². The number of piperidine rings is 2. The van der Waals surface area contributed by atoms with Gasteiger partial charge in [0.15, 0.2) is 0 Å². The van der Waals surface area contributed by atoms with Crippen LogP contribution in [0.25, 0.3) is 0 Å². The zero-order valence-electron chi connectivity index (χ0n) is 21.7. The van der Waals surface area contributed by atoms with Crippen LogP contribution in [-0.4, -0.2) is 85.8 Å². The van der Waals surface area contributed by atoms with Crippen LogP contribution in [0.3, 0.4) is 0 Å². The van der Waals surface area contributed by atoms with E-state index in [9.17, 15) is 26.3 Å². The first-order valence-corrected chi connectivity index (χ1v) is 12.8. The van der Waals surface area contributed by atoms with Crippen LogP contribution in [0.2, 0.25) is 0 Å². The van der Waals surface area contributed by atoms with Gasteiger partial charge in [-0.25, -0.2) is 14.3 Å². The Labute approximate surface area is 230 Å². The van der Waals surface area contributed by atoms with Crippen molar-refractivity contribution in [2.45, 2.75) is 81.7 Å². The first-order valence-electron chi connectivity index (χ1n) is 12.8. The molecule has 3 saturated heterocycles. The van der Waals surface area contributed by atoms with Gasteiger partial charge in [0.1, 0.15) is 5.69 Å². The number of halogens is 6. The van der Waals surface area contributed by atoms with Crippen molar-refractivity contribution in [2.24, 2.45) is 0 Å². The first-order chi connectivity index (χ1) is 19.2. The number of aliphatic carboxylic acids is 2. The topological polar surface area (TPSA) is 143 Å². The lowest BCUT2D eigenvalue weighted by molar-refractivity contribution is -0.193. The van der Waals surface area contributed by atoms with Gasteiger partial charge in [0.05, 0.1) is 24.9 Å². The number of carbonyl (C=O) groups is 2. The van der Waals surface area contributed by atoms with Gasteiger partial charge in [-0.3, -0.25) is 4.98 Å². The molecule has 3 aliphatic rings. The van der Waals surface area contributed by atoms with Crippen LogP contribution in [-0.2, 0) is 20.9 Å². The van der Waals surface area contributed by atoms with Crippen LogP contribution >= 0.6 is 0 Å². The summed E-state index contributed by atoms with van der Waals surface area (Å²) in [5.41, 5.74) is 2.21. The molecule has 2 aromatic rings. The predicted molar refractivity (Wildman–Crippen MR) is 130 cm³/mol. The quantitative estimate of drug-likeness (QED) is 0.439. The van der Waals surface area contributed by atoms with Crippen molar-refractivity contribution in [2.75, 3.05) is 18.0 Å². The molecule has 0 aromatic carbocycles. The van der Waals surface area contributed by atoms with Crippen LogP contribution in [0.15, 0.2) is 30.7 Å². The maximum atomic E-state index is 10.6. The highest BCUT2D eigenvalue weighted by molar-refractivity contribution is 5.73. The Morgan fingerprint density at radius 2 is 1.44 bits per heavy atom. The minimum Gasteiger partial charge on any atom is -0.475 e. The number of fused-ring (bicyclic) bond motifs is 2. The second-order valence-electron chi connectivity index (χ2n) is 9.76. The molecule has 3 N–H and O–H groups in total. The van der Waals surface area contributed by atoms with E-state index in [1.165, 1.54) is 18.5 Å². The smallest absolute Gasteiger partial charge is 0.475 e. The van der Waals surface area contributed by atoms with Crippen molar-refractivity contribution in [3.63, 3.8) is 0 Å². The summed E-state index contributed by atoms with van der Waals surface area (Å²) in [4.78, 5) is 24.3. The minimum absolute atomic E-state index is 0.373. The van der Waals surface area contributed by atoms with Crippen molar-refractivity contribution in [3.8, 4) is 0 Å². The summed E-state index contributed by atoms with van der Waals surface area (Å²) in [6.45, 7) is 2.66. The largest absolute Gasteiger partial charge is 0.490 e. The van der Waals surface area contributed by atoms with E-state index in [1.54, 1.807) is 0 Å². The van der Waals surface area contributed by atoms with Gasteiger partial charge in [-0.05, 0) is 50.7 Å². The third kappa shape index (κ3) is 10.1. The average molecular weight is 597 g/mol. The lowest BCUT2D eigenvalue weighted by Gasteiger charge is -2.33. The number of rotatable bonds is 5. The van der Waals surface area contributed by atoms with Gasteiger partial charge in [0.25, 0.3) is 0 Å². The van der Waals surface area contributed by atoms with Crippen molar-refractivity contribution in [1.29, 1.82) is 0 Å². The fourth-order valence-electron chi connectivity index (χ4n) is 4.85. The molecule has 5 heterocycles. The SMILES string of the molecule is O=C(O)C(F)(F)F.O=C(O)C(F)(F)F.c1cc(N2CCC(n3cc(COC4C[C@H]5CC[C@@H](C4)N5)nn3)CC2)ccn1. The number of hydrogen-bond acceptors (Lipinski definition) is 8. The molecule has 17 heteroatoms. The van der Waals surface area contributed by atoms with Gasteiger partial charge in [-0.1, -0.05) is 5.21 Å². The Morgan fingerprint density at radius 1 is 0.927 bits per heavy atom. The van der Waals surface area contributed by atoms with Gasteiger partial charge in [0.2, 0.25) is 0 Å². The highest BCUT2D eigenvalue weighted by atomic mass is 19.4.